The van der Waals surface area contributed by atoms with Gasteiger partial charge in [-0.25, -0.2) is 9.59 Å². The molecule has 1 atom stereocenters. The van der Waals surface area contributed by atoms with Crippen molar-refractivity contribution in [1.82, 2.24) is 10.2 Å². The molecule has 0 aliphatic rings. The van der Waals surface area contributed by atoms with Crippen LogP contribution in [0.2, 0.25) is 0 Å². The number of nitrogens with zero attached hydrogens (tertiary/aromatic N) is 1. The first-order valence-electron chi connectivity index (χ1n) is 22.8. The van der Waals surface area contributed by atoms with E-state index in [-0.39, 0.29) is 19.6 Å². The van der Waals surface area contributed by atoms with E-state index in [0.29, 0.717) is 13.2 Å². The van der Waals surface area contributed by atoms with Gasteiger partial charge in [-0.05, 0) is 26.9 Å². The SMILES string of the molecule is CCCCCCCCCCCCCCCCCCOC(=O)C[C@H](NC(=O)OCCN(C)C)C(=O)OCCCCCCCCCCCCCCCCCC. The molecule has 0 bridgehead atoms. The Bertz CT molecular complexity index is 808. The first kappa shape index (κ1) is 51.2. The van der Waals surface area contributed by atoms with Crippen LogP contribution in [-0.2, 0) is 23.8 Å². The molecule has 0 aliphatic heterocycles. The van der Waals surface area contributed by atoms with E-state index < -0.39 is 24.1 Å². The number of hydrogen-bond acceptors (Lipinski definition) is 7. The van der Waals surface area contributed by atoms with E-state index in [2.05, 4.69) is 19.2 Å². The molecule has 0 radical (unpaired) electrons. The molecule has 0 unspecified atom stereocenters. The molecule has 314 valence electrons. The lowest BCUT2D eigenvalue weighted by Gasteiger charge is -2.18. The van der Waals surface area contributed by atoms with Crippen LogP contribution in [0.4, 0.5) is 4.79 Å². The molecule has 8 nitrogen and oxygen atoms in total. The summed E-state index contributed by atoms with van der Waals surface area (Å²) in [5.74, 6) is -1.13. The molecule has 0 rings (SSSR count). The second-order valence-electron chi connectivity index (χ2n) is 15.8. The van der Waals surface area contributed by atoms with Gasteiger partial charge in [0.15, 0.2) is 0 Å². The van der Waals surface area contributed by atoms with Gasteiger partial charge in [0.05, 0.1) is 19.6 Å². The smallest absolute Gasteiger partial charge is 0.407 e. The Balaban J connectivity index is 4.07. The van der Waals surface area contributed by atoms with Gasteiger partial charge < -0.3 is 24.4 Å². The lowest BCUT2D eigenvalue weighted by atomic mass is 10.0. The minimum Gasteiger partial charge on any atom is -0.466 e. The maximum absolute atomic E-state index is 12.9. The quantitative estimate of drug-likeness (QED) is 0.0377. The van der Waals surface area contributed by atoms with Crippen molar-refractivity contribution in [2.75, 3.05) is 40.5 Å². The van der Waals surface area contributed by atoms with Gasteiger partial charge in [-0.3, -0.25) is 4.79 Å². The molecule has 53 heavy (non-hydrogen) atoms. The largest absolute Gasteiger partial charge is 0.466 e. The molecule has 0 heterocycles. The van der Waals surface area contributed by atoms with Crippen LogP contribution in [-0.4, -0.2) is 69.4 Å². The summed E-state index contributed by atoms with van der Waals surface area (Å²) >= 11 is 0. The maximum atomic E-state index is 12.9. The van der Waals surface area contributed by atoms with Crippen molar-refractivity contribution in [2.45, 2.75) is 232 Å². The maximum Gasteiger partial charge on any atom is 0.407 e. The standard InChI is InChI=1S/C45H88N2O6/c1-5-7-9-11-13-15-17-19-21-23-25-27-29-31-33-35-38-51-43(48)41-42(46-45(50)53-40-37-47(3)4)44(49)52-39-36-34-32-30-28-26-24-22-20-18-16-14-12-10-8-6-2/h42H,5-41H2,1-4H3,(H,46,50)/t42-/m0/s1. The monoisotopic (exact) mass is 753 g/mol. The molecule has 8 heteroatoms. The number of carbonyl (C=O) groups excluding carboxylic acids is 3. The van der Waals surface area contributed by atoms with E-state index in [1.54, 1.807) is 0 Å². The van der Waals surface area contributed by atoms with Crippen LogP contribution in [0.5, 0.6) is 0 Å². The molecule has 0 aromatic carbocycles. The summed E-state index contributed by atoms with van der Waals surface area (Å²) in [5, 5.41) is 2.53. The Labute approximate surface area is 328 Å². The van der Waals surface area contributed by atoms with Crippen molar-refractivity contribution in [3.05, 3.63) is 0 Å². The zero-order chi connectivity index (χ0) is 38.9. The predicted octanol–water partition coefficient (Wildman–Crippen LogP) is 12.6. The van der Waals surface area contributed by atoms with Crippen LogP contribution in [0.25, 0.3) is 0 Å². The van der Waals surface area contributed by atoms with E-state index in [0.717, 1.165) is 38.5 Å². The van der Waals surface area contributed by atoms with E-state index in [4.69, 9.17) is 14.2 Å². The molecule has 1 N–H and O–H groups in total. The third-order valence-corrected chi connectivity index (χ3v) is 10.2. The number of ether oxygens (including phenoxy) is 3. The summed E-state index contributed by atoms with van der Waals surface area (Å²) in [7, 11) is 3.77. The number of nitrogens with one attached hydrogen (secondary N) is 1. The van der Waals surface area contributed by atoms with Gasteiger partial charge in [-0.15, -0.1) is 0 Å². The molecule has 0 aliphatic carbocycles. The van der Waals surface area contributed by atoms with E-state index in [1.807, 2.05) is 19.0 Å². The van der Waals surface area contributed by atoms with Gasteiger partial charge in [-0.1, -0.05) is 206 Å². The Morgan fingerprint density at radius 1 is 0.434 bits per heavy atom. The Morgan fingerprint density at radius 2 is 0.755 bits per heavy atom. The molecule has 0 aromatic heterocycles. The van der Waals surface area contributed by atoms with E-state index >= 15 is 0 Å². The Kier molecular flexibility index (Phi) is 39.9. The number of likely N-dealkylation sites (N-methyl/N-ethyl adjacent to an activating group) is 1. The number of carbonyl (C=O) groups is 3. The van der Waals surface area contributed by atoms with Gasteiger partial charge >= 0.3 is 18.0 Å². The van der Waals surface area contributed by atoms with Crippen LogP contribution in [0, 0.1) is 0 Å². The summed E-state index contributed by atoms with van der Waals surface area (Å²) in [6, 6.07) is -1.12. The summed E-state index contributed by atoms with van der Waals surface area (Å²) in [4.78, 5) is 39.8. The van der Waals surface area contributed by atoms with Crippen molar-refractivity contribution in [3.63, 3.8) is 0 Å². The van der Waals surface area contributed by atoms with Crippen LogP contribution < -0.4 is 5.32 Å². The normalized spacial score (nSPS) is 11.9. The third-order valence-electron chi connectivity index (χ3n) is 10.2. The summed E-state index contributed by atoms with van der Waals surface area (Å²) < 4.78 is 16.1. The van der Waals surface area contributed by atoms with Crippen molar-refractivity contribution in [1.29, 1.82) is 0 Å². The number of unbranched alkanes of at least 4 members (excludes halogenated alkanes) is 30. The molecule has 1 amide bonds. The Hall–Kier alpha value is -1.83. The zero-order valence-corrected chi connectivity index (χ0v) is 35.6. The topological polar surface area (TPSA) is 94.2 Å². The number of amides is 1. The molecule has 0 fully saturated rings. The highest BCUT2D eigenvalue weighted by Gasteiger charge is 2.27. The first-order valence-corrected chi connectivity index (χ1v) is 22.8. The number of esters is 2. The summed E-state index contributed by atoms with van der Waals surface area (Å²) in [6.07, 6.45) is 40.0. The highest BCUT2D eigenvalue weighted by Crippen LogP contribution is 2.15. The molecule has 0 spiro atoms. The second kappa shape index (κ2) is 41.3. The number of hydrogen-bond donors (Lipinski definition) is 1. The van der Waals surface area contributed by atoms with Gasteiger partial charge in [0.25, 0.3) is 0 Å². The predicted molar refractivity (Wildman–Crippen MR) is 222 cm³/mol. The molecule has 0 saturated heterocycles. The fourth-order valence-electron chi connectivity index (χ4n) is 6.68. The molecular weight excluding hydrogens is 665 g/mol. The highest BCUT2D eigenvalue weighted by atomic mass is 16.6. The minimum absolute atomic E-state index is 0.184. The van der Waals surface area contributed by atoms with Crippen molar-refractivity contribution >= 4 is 18.0 Å². The average Bonchev–Trinajstić information content (AvgIpc) is 3.13. The second-order valence-corrected chi connectivity index (χ2v) is 15.8. The molecular formula is C45H88N2O6. The van der Waals surface area contributed by atoms with Crippen LogP contribution in [0.1, 0.15) is 226 Å². The van der Waals surface area contributed by atoms with Crippen LogP contribution in [0.15, 0.2) is 0 Å². The molecule has 0 aromatic rings. The lowest BCUT2D eigenvalue weighted by molar-refractivity contribution is -0.152. The zero-order valence-electron chi connectivity index (χ0n) is 35.6. The average molecular weight is 753 g/mol. The van der Waals surface area contributed by atoms with Crippen molar-refractivity contribution < 1.29 is 28.6 Å². The summed E-state index contributed by atoms with van der Waals surface area (Å²) in [5.41, 5.74) is 0. The van der Waals surface area contributed by atoms with Crippen molar-refractivity contribution in [2.24, 2.45) is 0 Å². The van der Waals surface area contributed by atoms with Gasteiger partial charge in [-0.2, -0.15) is 0 Å². The number of rotatable bonds is 41. The first-order chi connectivity index (χ1) is 25.9. The van der Waals surface area contributed by atoms with Gasteiger partial charge in [0.1, 0.15) is 12.6 Å². The fourth-order valence-corrected chi connectivity index (χ4v) is 6.68. The Morgan fingerprint density at radius 3 is 1.09 bits per heavy atom. The van der Waals surface area contributed by atoms with Crippen LogP contribution in [0.3, 0.4) is 0 Å². The highest BCUT2D eigenvalue weighted by molar-refractivity contribution is 5.86. The summed E-state index contributed by atoms with van der Waals surface area (Å²) in [6.45, 7) is 5.89. The third kappa shape index (κ3) is 39.7. The van der Waals surface area contributed by atoms with Gasteiger partial charge in [0.2, 0.25) is 0 Å². The van der Waals surface area contributed by atoms with Gasteiger partial charge in [0, 0.05) is 6.54 Å². The van der Waals surface area contributed by atoms with E-state index in [1.165, 1.54) is 167 Å². The van der Waals surface area contributed by atoms with Crippen LogP contribution >= 0.6 is 0 Å². The number of alkyl carbamates (subject to hydrolysis) is 1. The lowest BCUT2D eigenvalue weighted by Crippen LogP contribution is -2.44. The van der Waals surface area contributed by atoms with Crippen molar-refractivity contribution in [3.8, 4) is 0 Å². The van der Waals surface area contributed by atoms with E-state index in [9.17, 15) is 14.4 Å². The molecule has 0 saturated carbocycles. The fraction of sp³-hybridized carbons (Fsp3) is 0.933. The minimum atomic E-state index is -1.12.